The van der Waals surface area contributed by atoms with E-state index in [1.54, 1.807) is 5.57 Å². The van der Waals surface area contributed by atoms with Crippen molar-refractivity contribution in [2.45, 2.75) is 65.7 Å². The van der Waals surface area contributed by atoms with E-state index in [0.29, 0.717) is 10.8 Å². The molecule has 0 N–H and O–H groups in total. The van der Waals surface area contributed by atoms with Gasteiger partial charge in [-0.1, -0.05) is 44.6 Å². The molecule has 26 heavy (non-hydrogen) atoms. The highest BCUT2D eigenvalue weighted by Crippen LogP contribution is 2.66. The lowest BCUT2D eigenvalue weighted by Gasteiger charge is -2.58. The molecule has 1 aromatic rings. The summed E-state index contributed by atoms with van der Waals surface area (Å²) >= 11 is 0. The lowest BCUT2D eigenvalue weighted by Crippen LogP contribution is -2.49. The summed E-state index contributed by atoms with van der Waals surface area (Å²) in [6.07, 6.45) is 18.9. The molecule has 0 bridgehead atoms. The average molecular weight is 348 g/mol. The van der Waals surface area contributed by atoms with E-state index in [4.69, 9.17) is 0 Å². The van der Waals surface area contributed by atoms with Crippen LogP contribution in [0, 0.1) is 34.5 Å². The van der Waals surface area contributed by atoms with E-state index >= 15 is 0 Å². The Hall–Kier alpha value is -1.37. The molecule has 5 rings (SSSR count). The number of nitrogens with zero attached hydrogens (tertiary/aromatic N) is 1. The summed E-state index contributed by atoms with van der Waals surface area (Å²) in [5.41, 5.74) is 5.64. The number of pyridine rings is 1. The number of hydrogen-bond donors (Lipinski definition) is 0. The zero-order valence-electron chi connectivity index (χ0n) is 16.7. The van der Waals surface area contributed by atoms with Crippen molar-refractivity contribution >= 4 is 5.57 Å². The van der Waals surface area contributed by atoms with Crippen LogP contribution in [0.25, 0.3) is 5.57 Å². The van der Waals surface area contributed by atoms with Crippen molar-refractivity contribution in [2.75, 3.05) is 0 Å². The monoisotopic (exact) mass is 347 g/mol. The van der Waals surface area contributed by atoms with Gasteiger partial charge in [0.2, 0.25) is 0 Å². The van der Waals surface area contributed by atoms with Gasteiger partial charge in [0, 0.05) is 12.4 Å². The van der Waals surface area contributed by atoms with Crippen LogP contribution in [0.5, 0.6) is 0 Å². The molecule has 4 aliphatic carbocycles. The van der Waals surface area contributed by atoms with Crippen LogP contribution >= 0.6 is 0 Å². The first-order valence-electron chi connectivity index (χ1n) is 10.8. The van der Waals surface area contributed by atoms with Crippen LogP contribution < -0.4 is 0 Å². The van der Waals surface area contributed by atoms with Crippen molar-refractivity contribution in [1.29, 1.82) is 0 Å². The molecular formula is C25H33N. The molecule has 6 atom stereocenters. The molecule has 0 amide bonds. The second-order valence-corrected chi connectivity index (χ2v) is 10.1. The van der Waals surface area contributed by atoms with E-state index in [0.717, 1.165) is 23.7 Å². The predicted octanol–water partition coefficient (Wildman–Crippen LogP) is 6.67. The maximum atomic E-state index is 4.40. The minimum Gasteiger partial charge on any atom is -0.264 e. The smallest absolute Gasteiger partial charge is 0.0343 e. The van der Waals surface area contributed by atoms with Gasteiger partial charge in [-0.25, -0.2) is 0 Å². The normalized spacial score (nSPS) is 44.4. The van der Waals surface area contributed by atoms with Crippen LogP contribution in [0.15, 0.2) is 42.3 Å². The maximum Gasteiger partial charge on any atom is 0.0343 e. The number of hydrogen-bond acceptors (Lipinski definition) is 1. The second kappa shape index (κ2) is 5.81. The highest BCUT2D eigenvalue weighted by Gasteiger charge is 2.56. The number of fused-ring (bicyclic) bond motifs is 5. The second-order valence-electron chi connectivity index (χ2n) is 10.1. The Kier molecular flexibility index (Phi) is 3.75. The largest absolute Gasteiger partial charge is 0.264 e. The molecule has 4 aliphatic rings. The summed E-state index contributed by atoms with van der Waals surface area (Å²) in [5, 5.41) is 0. The third-order valence-corrected chi connectivity index (χ3v) is 8.89. The van der Waals surface area contributed by atoms with Crippen molar-refractivity contribution in [1.82, 2.24) is 4.98 Å². The van der Waals surface area contributed by atoms with Gasteiger partial charge in [-0.2, -0.15) is 0 Å². The molecule has 1 heteroatoms. The summed E-state index contributed by atoms with van der Waals surface area (Å²) in [4.78, 5) is 4.40. The molecule has 0 saturated heterocycles. The molecule has 0 radical (unpaired) electrons. The van der Waals surface area contributed by atoms with Crippen LogP contribution in [0.1, 0.15) is 71.3 Å². The Morgan fingerprint density at radius 1 is 1.04 bits per heavy atom. The summed E-state index contributed by atoms with van der Waals surface area (Å²) in [7, 11) is 0. The molecule has 1 nitrogen and oxygen atoms in total. The molecule has 1 aromatic heterocycles. The number of allylic oxidation sites excluding steroid dienone is 4. The van der Waals surface area contributed by atoms with Gasteiger partial charge in [0.25, 0.3) is 0 Å². The molecule has 0 aromatic carbocycles. The Balaban J connectivity index is 1.47. The molecule has 2 saturated carbocycles. The summed E-state index contributed by atoms with van der Waals surface area (Å²) < 4.78 is 0. The van der Waals surface area contributed by atoms with E-state index in [2.05, 4.69) is 56.2 Å². The molecular weight excluding hydrogens is 314 g/mol. The molecule has 2 fully saturated rings. The Labute approximate surface area is 159 Å². The van der Waals surface area contributed by atoms with Gasteiger partial charge >= 0.3 is 0 Å². The van der Waals surface area contributed by atoms with Crippen molar-refractivity contribution in [3.8, 4) is 0 Å². The SMILES string of the molecule is CC1C=C2CCC3C(CCC4(C)C(c5cccnc5)=CCC34)C2(C)CC1. The third kappa shape index (κ3) is 2.25. The van der Waals surface area contributed by atoms with Crippen LogP contribution in [0.3, 0.4) is 0 Å². The average Bonchev–Trinajstić information content (AvgIpc) is 3.00. The topological polar surface area (TPSA) is 12.9 Å². The zero-order valence-corrected chi connectivity index (χ0v) is 16.7. The molecule has 138 valence electrons. The minimum atomic E-state index is 0.365. The van der Waals surface area contributed by atoms with E-state index in [1.807, 2.05) is 11.8 Å². The van der Waals surface area contributed by atoms with Crippen LogP contribution in [0.2, 0.25) is 0 Å². The highest BCUT2D eigenvalue weighted by molar-refractivity contribution is 5.72. The van der Waals surface area contributed by atoms with Gasteiger partial charge in [0.1, 0.15) is 0 Å². The van der Waals surface area contributed by atoms with Crippen molar-refractivity contribution in [2.24, 2.45) is 34.5 Å². The van der Waals surface area contributed by atoms with Crippen LogP contribution in [-0.2, 0) is 0 Å². The van der Waals surface area contributed by atoms with Gasteiger partial charge in [-0.15, -0.1) is 0 Å². The summed E-state index contributed by atoms with van der Waals surface area (Å²) in [6, 6.07) is 4.37. The van der Waals surface area contributed by atoms with E-state index in [9.17, 15) is 0 Å². The minimum absolute atomic E-state index is 0.365. The fourth-order valence-electron chi connectivity index (χ4n) is 7.44. The summed E-state index contributed by atoms with van der Waals surface area (Å²) in [5.74, 6) is 3.47. The third-order valence-electron chi connectivity index (χ3n) is 8.89. The molecule has 6 unspecified atom stereocenters. The molecule has 1 heterocycles. The van der Waals surface area contributed by atoms with Crippen LogP contribution in [0.4, 0.5) is 0 Å². The van der Waals surface area contributed by atoms with Gasteiger partial charge in [0.15, 0.2) is 0 Å². The standard InChI is InChI=1S/C25H33N/c1-17-10-12-24(2)19(15-17)6-7-20-22-9-8-21(18-5-4-14-26-16-18)25(22,3)13-11-23(20)24/h4-5,8,14-17,20,22-23H,6-7,9-13H2,1-3H3. The fraction of sp³-hybridized carbons (Fsp3) is 0.640. The molecule has 0 aliphatic heterocycles. The van der Waals surface area contributed by atoms with E-state index < -0.39 is 0 Å². The van der Waals surface area contributed by atoms with Gasteiger partial charge in [-0.3, -0.25) is 4.98 Å². The first-order chi connectivity index (χ1) is 12.5. The number of rotatable bonds is 1. The Morgan fingerprint density at radius 2 is 1.88 bits per heavy atom. The Bertz CT molecular complexity index is 760. The molecule has 0 spiro atoms. The predicted molar refractivity (Wildman–Crippen MR) is 108 cm³/mol. The lowest BCUT2D eigenvalue weighted by atomic mass is 9.46. The first-order valence-corrected chi connectivity index (χ1v) is 10.8. The highest BCUT2D eigenvalue weighted by atomic mass is 14.6. The Morgan fingerprint density at radius 3 is 2.69 bits per heavy atom. The van der Waals surface area contributed by atoms with Gasteiger partial charge < -0.3 is 0 Å². The van der Waals surface area contributed by atoms with Gasteiger partial charge in [-0.05, 0) is 96.7 Å². The van der Waals surface area contributed by atoms with Gasteiger partial charge in [0.05, 0.1) is 0 Å². The lowest BCUT2D eigenvalue weighted by molar-refractivity contribution is -0.0238. The fourth-order valence-corrected chi connectivity index (χ4v) is 7.44. The van der Waals surface area contributed by atoms with E-state index in [-0.39, 0.29) is 0 Å². The van der Waals surface area contributed by atoms with E-state index in [1.165, 1.54) is 50.5 Å². The zero-order chi connectivity index (χ0) is 17.9. The van der Waals surface area contributed by atoms with Crippen molar-refractivity contribution in [3.63, 3.8) is 0 Å². The van der Waals surface area contributed by atoms with Crippen molar-refractivity contribution in [3.05, 3.63) is 47.8 Å². The van der Waals surface area contributed by atoms with Crippen LogP contribution in [-0.4, -0.2) is 4.98 Å². The number of aromatic nitrogens is 1. The first kappa shape index (κ1) is 16.8. The maximum absolute atomic E-state index is 4.40. The van der Waals surface area contributed by atoms with Crippen molar-refractivity contribution < 1.29 is 0 Å². The summed E-state index contributed by atoms with van der Waals surface area (Å²) in [6.45, 7) is 7.60. The quantitative estimate of drug-likeness (QED) is 0.517.